The summed E-state index contributed by atoms with van der Waals surface area (Å²) < 4.78 is 0. The lowest BCUT2D eigenvalue weighted by atomic mass is 9.56. The number of allylic oxidation sites excluding steroid dienone is 2. The van der Waals surface area contributed by atoms with E-state index in [2.05, 4.69) is 60.6 Å². The smallest absolute Gasteiger partial charge is 0.0271 e. The molecule has 0 aromatic carbocycles. The zero-order valence-electron chi connectivity index (χ0n) is 14.5. The van der Waals surface area contributed by atoms with Crippen LogP contribution in [-0.4, -0.2) is 12.6 Å². The standard InChI is InChI=1S/C18H34N2/c1-12(2)8-14-15(20)10-17(5,6)16(9-13(3)4)18(14,7)11-19/h8-9,12-13,15H,10-11,19-20H2,1-7H3. The predicted molar refractivity (Wildman–Crippen MR) is 89.4 cm³/mol. The maximum atomic E-state index is 6.50. The Morgan fingerprint density at radius 1 is 1.10 bits per heavy atom. The van der Waals surface area contributed by atoms with Gasteiger partial charge in [0.15, 0.2) is 0 Å². The van der Waals surface area contributed by atoms with Crippen LogP contribution in [0.5, 0.6) is 0 Å². The zero-order chi connectivity index (χ0) is 15.7. The van der Waals surface area contributed by atoms with Crippen LogP contribution >= 0.6 is 0 Å². The van der Waals surface area contributed by atoms with Crippen LogP contribution in [0.3, 0.4) is 0 Å². The molecule has 1 fully saturated rings. The summed E-state index contributed by atoms with van der Waals surface area (Å²) in [7, 11) is 0. The van der Waals surface area contributed by atoms with Crippen LogP contribution in [0.25, 0.3) is 0 Å². The average Bonchev–Trinajstić information content (AvgIpc) is 2.29. The van der Waals surface area contributed by atoms with Gasteiger partial charge in [-0.1, -0.05) is 66.2 Å². The summed E-state index contributed by atoms with van der Waals surface area (Å²) in [5, 5.41) is 0. The van der Waals surface area contributed by atoms with Crippen LogP contribution < -0.4 is 11.5 Å². The first kappa shape index (κ1) is 17.5. The Balaban J connectivity index is 3.46. The van der Waals surface area contributed by atoms with Crippen molar-refractivity contribution in [3.05, 3.63) is 23.3 Å². The van der Waals surface area contributed by atoms with Crippen molar-refractivity contribution in [2.75, 3.05) is 6.54 Å². The Morgan fingerprint density at radius 3 is 2.00 bits per heavy atom. The van der Waals surface area contributed by atoms with E-state index in [0.717, 1.165) is 6.42 Å². The van der Waals surface area contributed by atoms with Crippen LogP contribution in [0.2, 0.25) is 0 Å². The van der Waals surface area contributed by atoms with Gasteiger partial charge in [0.25, 0.3) is 0 Å². The van der Waals surface area contributed by atoms with Gasteiger partial charge >= 0.3 is 0 Å². The van der Waals surface area contributed by atoms with Crippen LogP contribution in [-0.2, 0) is 0 Å². The molecule has 2 nitrogen and oxygen atoms in total. The molecule has 116 valence electrons. The third kappa shape index (κ3) is 3.35. The van der Waals surface area contributed by atoms with Crippen LogP contribution in [0, 0.1) is 22.7 Å². The first-order valence-corrected chi connectivity index (χ1v) is 7.95. The summed E-state index contributed by atoms with van der Waals surface area (Å²) in [6.07, 6.45) is 5.74. The summed E-state index contributed by atoms with van der Waals surface area (Å²) in [4.78, 5) is 0. The van der Waals surface area contributed by atoms with E-state index in [0.29, 0.717) is 18.4 Å². The fraction of sp³-hybridized carbons (Fsp3) is 0.778. The molecule has 1 rings (SSSR count). The van der Waals surface area contributed by atoms with Crippen molar-refractivity contribution in [1.82, 2.24) is 0 Å². The van der Waals surface area contributed by atoms with E-state index in [1.54, 1.807) is 0 Å². The third-order valence-electron chi connectivity index (χ3n) is 4.51. The van der Waals surface area contributed by atoms with Gasteiger partial charge in [-0.05, 0) is 29.2 Å². The highest BCUT2D eigenvalue weighted by atomic mass is 14.7. The second-order valence-corrected chi connectivity index (χ2v) is 7.92. The molecule has 0 amide bonds. The molecule has 0 spiro atoms. The second-order valence-electron chi connectivity index (χ2n) is 7.92. The molecule has 1 saturated carbocycles. The van der Waals surface area contributed by atoms with Crippen molar-refractivity contribution in [2.45, 2.75) is 60.9 Å². The molecule has 4 N–H and O–H groups in total. The van der Waals surface area contributed by atoms with E-state index in [9.17, 15) is 0 Å². The molecule has 1 aliphatic rings. The molecule has 1 aliphatic carbocycles. The maximum absolute atomic E-state index is 6.50. The Kier molecular flexibility index (Phi) is 5.26. The lowest BCUT2D eigenvalue weighted by Crippen LogP contribution is -2.50. The van der Waals surface area contributed by atoms with Gasteiger partial charge in [0.1, 0.15) is 0 Å². The molecule has 20 heavy (non-hydrogen) atoms. The molecule has 0 radical (unpaired) electrons. The molecule has 0 heterocycles. The fourth-order valence-electron chi connectivity index (χ4n) is 3.72. The number of rotatable bonds is 3. The number of hydrogen-bond donors (Lipinski definition) is 2. The highest BCUT2D eigenvalue weighted by Gasteiger charge is 2.47. The summed E-state index contributed by atoms with van der Waals surface area (Å²) >= 11 is 0. The van der Waals surface area contributed by atoms with Crippen molar-refractivity contribution in [3.8, 4) is 0 Å². The average molecular weight is 278 g/mol. The minimum Gasteiger partial charge on any atom is -0.329 e. The highest BCUT2D eigenvalue weighted by molar-refractivity contribution is 5.40. The van der Waals surface area contributed by atoms with Crippen molar-refractivity contribution in [2.24, 2.45) is 34.1 Å². The predicted octanol–water partition coefficient (Wildman–Crippen LogP) is 3.87. The Labute approximate surface area is 125 Å². The molecular formula is C18H34N2. The van der Waals surface area contributed by atoms with Gasteiger partial charge in [-0.3, -0.25) is 0 Å². The van der Waals surface area contributed by atoms with E-state index < -0.39 is 0 Å². The number of nitrogens with two attached hydrogens (primary N) is 2. The van der Waals surface area contributed by atoms with Crippen molar-refractivity contribution in [1.29, 1.82) is 0 Å². The topological polar surface area (TPSA) is 52.0 Å². The minimum atomic E-state index is -0.101. The fourth-order valence-corrected chi connectivity index (χ4v) is 3.72. The van der Waals surface area contributed by atoms with Gasteiger partial charge in [-0.25, -0.2) is 0 Å². The van der Waals surface area contributed by atoms with Crippen molar-refractivity contribution >= 4 is 0 Å². The number of hydrogen-bond acceptors (Lipinski definition) is 2. The Hall–Kier alpha value is -0.600. The van der Waals surface area contributed by atoms with E-state index in [4.69, 9.17) is 11.5 Å². The quantitative estimate of drug-likeness (QED) is 0.770. The van der Waals surface area contributed by atoms with Crippen molar-refractivity contribution < 1.29 is 0 Å². The molecule has 0 aromatic heterocycles. The largest absolute Gasteiger partial charge is 0.329 e. The molecule has 0 saturated heterocycles. The molecule has 0 aromatic rings. The maximum Gasteiger partial charge on any atom is 0.0271 e. The van der Waals surface area contributed by atoms with Gasteiger partial charge in [-0.2, -0.15) is 0 Å². The lowest BCUT2D eigenvalue weighted by molar-refractivity contribution is 0.243. The minimum absolute atomic E-state index is 0.101. The summed E-state index contributed by atoms with van der Waals surface area (Å²) in [5.41, 5.74) is 15.5. The molecule has 0 bridgehead atoms. The van der Waals surface area contributed by atoms with E-state index in [1.807, 2.05) is 0 Å². The van der Waals surface area contributed by atoms with E-state index >= 15 is 0 Å². The van der Waals surface area contributed by atoms with Gasteiger partial charge in [0.05, 0.1) is 0 Å². The molecule has 2 heteroatoms. The van der Waals surface area contributed by atoms with Crippen LogP contribution in [0.4, 0.5) is 0 Å². The van der Waals surface area contributed by atoms with Crippen LogP contribution in [0.1, 0.15) is 54.9 Å². The normalized spacial score (nSPS) is 34.5. The molecular weight excluding hydrogens is 244 g/mol. The van der Waals surface area contributed by atoms with Gasteiger partial charge in [0, 0.05) is 18.0 Å². The lowest BCUT2D eigenvalue weighted by Gasteiger charge is -2.51. The summed E-state index contributed by atoms with van der Waals surface area (Å²) in [6, 6.07) is 0.116. The SMILES string of the molecule is CC(C)C=C1C(N)CC(C)(C)C(=CC(C)C)C1(C)CN. The summed E-state index contributed by atoms with van der Waals surface area (Å²) in [6.45, 7) is 16.4. The first-order chi connectivity index (χ1) is 9.04. The van der Waals surface area contributed by atoms with Gasteiger partial charge < -0.3 is 11.5 Å². The third-order valence-corrected chi connectivity index (χ3v) is 4.51. The monoisotopic (exact) mass is 278 g/mol. The summed E-state index contributed by atoms with van der Waals surface area (Å²) in [5.74, 6) is 1.04. The zero-order valence-corrected chi connectivity index (χ0v) is 14.5. The van der Waals surface area contributed by atoms with Crippen LogP contribution in [0.15, 0.2) is 23.3 Å². The molecule has 2 unspecified atom stereocenters. The van der Waals surface area contributed by atoms with Crippen molar-refractivity contribution in [3.63, 3.8) is 0 Å². The second kappa shape index (κ2) is 6.03. The molecule has 2 atom stereocenters. The Morgan fingerprint density at radius 2 is 1.60 bits per heavy atom. The Bertz CT molecular complexity index is 402. The van der Waals surface area contributed by atoms with E-state index in [1.165, 1.54) is 11.1 Å². The highest BCUT2D eigenvalue weighted by Crippen LogP contribution is 2.53. The molecule has 0 aliphatic heterocycles. The van der Waals surface area contributed by atoms with E-state index in [-0.39, 0.29) is 16.9 Å². The van der Waals surface area contributed by atoms with Gasteiger partial charge in [-0.15, -0.1) is 0 Å². The van der Waals surface area contributed by atoms with Gasteiger partial charge in [0.2, 0.25) is 0 Å². The first-order valence-electron chi connectivity index (χ1n) is 7.95.